The summed E-state index contributed by atoms with van der Waals surface area (Å²) < 4.78 is 5.67. The number of aromatic nitrogens is 2. The minimum absolute atomic E-state index is 0.0368. The maximum atomic E-state index is 6.06. The monoisotopic (exact) mass is 242 g/mol. The molecule has 1 aliphatic heterocycles. The fourth-order valence-corrected chi connectivity index (χ4v) is 2.11. The van der Waals surface area contributed by atoms with Gasteiger partial charge in [-0.05, 0) is 6.92 Å². The summed E-state index contributed by atoms with van der Waals surface area (Å²) in [6.07, 6.45) is 3.27. The van der Waals surface area contributed by atoms with Crippen LogP contribution < -0.4 is 10.6 Å². The van der Waals surface area contributed by atoms with E-state index in [2.05, 4.69) is 14.9 Å². The van der Waals surface area contributed by atoms with Gasteiger partial charge in [0.1, 0.15) is 11.3 Å². The maximum absolute atomic E-state index is 6.06. The van der Waals surface area contributed by atoms with Gasteiger partial charge in [-0.25, -0.2) is 9.97 Å². The van der Waals surface area contributed by atoms with Crippen molar-refractivity contribution in [1.82, 2.24) is 9.97 Å². The Labute approximate surface area is 99.6 Å². The number of anilines is 1. The minimum Gasteiger partial charge on any atom is -0.370 e. The van der Waals surface area contributed by atoms with Gasteiger partial charge in [0.2, 0.25) is 0 Å². The molecule has 16 heavy (non-hydrogen) atoms. The van der Waals surface area contributed by atoms with Crippen molar-refractivity contribution in [3.63, 3.8) is 0 Å². The molecular formula is C10H15ClN4O. The largest absolute Gasteiger partial charge is 0.370 e. The van der Waals surface area contributed by atoms with Crippen LogP contribution in [0.15, 0.2) is 12.5 Å². The molecule has 0 saturated carbocycles. The third kappa shape index (κ3) is 2.42. The Kier molecular flexibility index (Phi) is 3.58. The second-order valence-corrected chi connectivity index (χ2v) is 4.31. The van der Waals surface area contributed by atoms with E-state index in [9.17, 15) is 0 Å². The smallest absolute Gasteiger partial charge is 0.151 e. The highest BCUT2D eigenvalue weighted by molar-refractivity contribution is 6.32. The van der Waals surface area contributed by atoms with E-state index in [0.29, 0.717) is 11.6 Å². The highest BCUT2D eigenvalue weighted by Crippen LogP contribution is 2.24. The van der Waals surface area contributed by atoms with Crippen molar-refractivity contribution < 1.29 is 4.74 Å². The molecule has 0 spiro atoms. The van der Waals surface area contributed by atoms with Gasteiger partial charge in [0.05, 0.1) is 18.4 Å². The summed E-state index contributed by atoms with van der Waals surface area (Å²) in [5.41, 5.74) is 5.63. The molecule has 0 amide bonds. The Bertz CT molecular complexity index is 362. The predicted octanol–water partition coefficient (Wildman–Crippen LogP) is 0.682. The average Bonchev–Trinajstić information content (AvgIpc) is 2.28. The van der Waals surface area contributed by atoms with E-state index in [1.165, 1.54) is 6.33 Å². The first kappa shape index (κ1) is 11.6. The summed E-state index contributed by atoms with van der Waals surface area (Å²) >= 11 is 6.06. The highest BCUT2D eigenvalue weighted by atomic mass is 35.5. The van der Waals surface area contributed by atoms with Crippen LogP contribution in [0, 0.1) is 0 Å². The normalized spacial score (nSPS) is 25.8. The standard InChI is InChI=1S/C10H15ClN4O/c1-7-4-15(5-8(2-12)16-7)10-9(11)3-13-6-14-10/h3,6-8H,2,4-5,12H2,1H3. The molecule has 2 atom stereocenters. The van der Waals surface area contributed by atoms with Crippen LogP contribution in [0.5, 0.6) is 0 Å². The van der Waals surface area contributed by atoms with Crippen LogP contribution in [-0.4, -0.2) is 41.8 Å². The fourth-order valence-electron chi connectivity index (χ4n) is 1.89. The number of ether oxygens (including phenoxy) is 1. The third-order valence-electron chi connectivity index (χ3n) is 2.54. The van der Waals surface area contributed by atoms with Gasteiger partial charge < -0.3 is 15.4 Å². The van der Waals surface area contributed by atoms with Crippen LogP contribution >= 0.6 is 11.6 Å². The van der Waals surface area contributed by atoms with Crippen LogP contribution in [0.2, 0.25) is 5.02 Å². The van der Waals surface area contributed by atoms with Gasteiger partial charge in [0, 0.05) is 19.6 Å². The quantitative estimate of drug-likeness (QED) is 0.827. The molecule has 2 N–H and O–H groups in total. The van der Waals surface area contributed by atoms with Crippen LogP contribution in [0.4, 0.5) is 5.82 Å². The molecule has 0 aliphatic carbocycles. The van der Waals surface area contributed by atoms with Crippen LogP contribution in [0.1, 0.15) is 6.92 Å². The third-order valence-corrected chi connectivity index (χ3v) is 2.80. The molecule has 0 radical (unpaired) electrons. The Balaban J connectivity index is 2.17. The lowest BCUT2D eigenvalue weighted by molar-refractivity contribution is -0.0107. The van der Waals surface area contributed by atoms with Gasteiger partial charge >= 0.3 is 0 Å². The molecule has 0 bridgehead atoms. The zero-order valence-electron chi connectivity index (χ0n) is 9.14. The predicted molar refractivity (Wildman–Crippen MR) is 62.6 cm³/mol. The Morgan fingerprint density at radius 1 is 1.62 bits per heavy atom. The number of halogens is 1. The summed E-state index contributed by atoms with van der Waals surface area (Å²) in [6, 6.07) is 0. The first-order chi connectivity index (χ1) is 7.70. The number of rotatable bonds is 2. The number of hydrogen-bond acceptors (Lipinski definition) is 5. The van der Waals surface area contributed by atoms with Gasteiger partial charge in [-0.15, -0.1) is 0 Å². The van der Waals surface area contributed by atoms with E-state index >= 15 is 0 Å². The first-order valence-electron chi connectivity index (χ1n) is 5.26. The zero-order valence-corrected chi connectivity index (χ0v) is 9.89. The van der Waals surface area contributed by atoms with Crippen molar-refractivity contribution in [1.29, 1.82) is 0 Å². The van der Waals surface area contributed by atoms with Crippen molar-refractivity contribution in [2.24, 2.45) is 5.73 Å². The summed E-state index contributed by atoms with van der Waals surface area (Å²) in [5.74, 6) is 0.755. The minimum atomic E-state index is 0.0368. The number of nitrogens with two attached hydrogens (primary N) is 1. The second-order valence-electron chi connectivity index (χ2n) is 3.90. The van der Waals surface area contributed by atoms with E-state index in [0.717, 1.165) is 18.9 Å². The lowest BCUT2D eigenvalue weighted by Gasteiger charge is -2.37. The lowest BCUT2D eigenvalue weighted by Crippen LogP contribution is -2.49. The van der Waals surface area contributed by atoms with E-state index in [-0.39, 0.29) is 12.2 Å². The molecule has 1 aromatic heterocycles. The van der Waals surface area contributed by atoms with Gasteiger partial charge in [-0.2, -0.15) is 0 Å². The molecule has 0 aromatic carbocycles. The van der Waals surface area contributed by atoms with Gasteiger partial charge in [-0.3, -0.25) is 0 Å². The van der Waals surface area contributed by atoms with Gasteiger partial charge in [0.25, 0.3) is 0 Å². The highest BCUT2D eigenvalue weighted by Gasteiger charge is 2.26. The lowest BCUT2D eigenvalue weighted by atomic mass is 10.2. The Morgan fingerprint density at radius 2 is 2.44 bits per heavy atom. The molecule has 5 nitrogen and oxygen atoms in total. The van der Waals surface area contributed by atoms with Crippen LogP contribution in [0.25, 0.3) is 0 Å². The van der Waals surface area contributed by atoms with Crippen LogP contribution in [-0.2, 0) is 4.74 Å². The Morgan fingerprint density at radius 3 is 3.12 bits per heavy atom. The molecule has 1 aromatic rings. The molecule has 88 valence electrons. The van der Waals surface area contributed by atoms with Crippen molar-refractivity contribution in [2.45, 2.75) is 19.1 Å². The maximum Gasteiger partial charge on any atom is 0.151 e. The van der Waals surface area contributed by atoms with E-state index in [4.69, 9.17) is 22.1 Å². The summed E-state index contributed by atoms with van der Waals surface area (Å²) in [4.78, 5) is 10.2. The van der Waals surface area contributed by atoms with Gasteiger partial charge in [-0.1, -0.05) is 11.6 Å². The van der Waals surface area contributed by atoms with Crippen molar-refractivity contribution in [3.05, 3.63) is 17.5 Å². The van der Waals surface area contributed by atoms with E-state index < -0.39 is 0 Å². The van der Waals surface area contributed by atoms with E-state index in [1.54, 1.807) is 6.20 Å². The summed E-state index contributed by atoms with van der Waals surface area (Å²) in [5, 5.41) is 0.562. The van der Waals surface area contributed by atoms with Crippen molar-refractivity contribution >= 4 is 17.4 Å². The van der Waals surface area contributed by atoms with Crippen molar-refractivity contribution in [2.75, 3.05) is 24.5 Å². The van der Waals surface area contributed by atoms with E-state index in [1.807, 2.05) is 6.92 Å². The van der Waals surface area contributed by atoms with Crippen LogP contribution in [0.3, 0.4) is 0 Å². The Hall–Kier alpha value is -0.910. The molecule has 2 rings (SSSR count). The molecule has 1 saturated heterocycles. The van der Waals surface area contributed by atoms with Crippen molar-refractivity contribution in [3.8, 4) is 0 Å². The zero-order chi connectivity index (χ0) is 11.5. The number of nitrogens with zero attached hydrogens (tertiary/aromatic N) is 3. The molecule has 2 unspecified atom stereocenters. The summed E-state index contributed by atoms with van der Waals surface area (Å²) in [7, 11) is 0. The molecule has 1 fully saturated rings. The van der Waals surface area contributed by atoms with Gasteiger partial charge in [0.15, 0.2) is 5.82 Å². The SMILES string of the molecule is CC1CN(c2ncncc2Cl)CC(CN)O1. The molecule has 1 aliphatic rings. The molecular weight excluding hydrogens is 228 g/mol. The second kappa shape index (κ2) is 4.95. The average molecular weight is 243 g/mol. The number of morpholine rings is 1. The first-order valence-corrected chi connectivity index (χ1v) is 5.64. The molecule has 6 heteroatoms. The molecule has 2 heterocycles. The number of hydrogen-bond donors (Lipinski definition) is 1. The fraction of sp³-hybridized carbons (Fsp3) is 0.600. The summed E-state index contributed by atoms with van der Waals surface area (Å²) in [6.45, 7) is 4.01. The topological polar surface area (TPSA) is 64.3 Å².